The van der Waals surface area contributed by atoms with Gasteiger partial charge in [0.2, 0.25) is 0 Å². The lowest BCUT2D eigenvalue weighted by atomic mass is 10.1. The zero-order valence-electron chi connectivity index (χ0n) is 12.6. The highest BCUT2D eigenvalue weighted by atomic mass is 15.2. The molecule has 3 aromatic heterocycles. The first-order valence-corrected chi connectivity index (χ1v) is 7.22. The maximum atomic E-state index is 4.43. The van der Waals surface area contributed by atoms with Gasteiger partial charge in [0.05, 0.1) is 5.69 Å². The molecule has 0 radical (unpaired) electrons. The van der Waals surface area contributed by atoms with E-state index in [4.69, 9.17) is 0 Å². The lowest BCUT2D eigenvalue weighted by Gasteiger charge is -2.13. The molecule has 5 heteroatoms. The zero-order valence-corrected chi connectivity index (χ0v) is 12.6. The smallest absolute Gasteiger partial charge is 0.151 e. The maximum Gasteiger partial charge on any atom is 0.151 e. The fourth-order valence-electron chi connectivity index (χ4n) is 2.40. The average molecular weight is 281 g/mol. The quantitative estimate of drug-likeness (QED) is 0.797. The standard InChI is InChI=1S/C16H19N5/c1-4-8-18-16-12(3)11(2)15(19-20-16)13-6-5-7-14-17-9-10-21(13)14/h5-7,9-10H,4,8H2,1-3H3,(H,18,20). The Morgan fingerprint density at radius 1 is 1.14 bits per heavy atom. The van der Waals surface area contributed by atoms with Crippen LogP contribution in [-0.2, 0) is 0 Å². The van der Waals surface area contributed by atoms with E-state index in [1.165, 1.54) is 0 Å². The molecule has 0 aliphatic heterocycles. The molecule has 1 N–H and O–H groups in total. The molecular formula is C16H19N5. The monoisotopic (exact) mass is 281 g/mol. The van der Waals surface area contributed by atoms with Crippen molar-refractivity contribution in [2.24, 2.45) is 0 Å². The van der Waals surface area contributed by atoms with Crippen molar-refractivity contribution >= 4 is 11.5 Å². The largest absolute Gasteiger partial charge is 0.368 e. The molecule has 0 bridgehead atoms. The molecule has 3 aromatic rings. The van der Waals surface area contributed by atoms with Gasteiger partial charge in [-0.05, 0) is 43.5 Å². The summed E-state index contributed by atoms with van der Waals surface area (Å²) in [4.78, 5) is 4.32. The highest BCUT2D eigenvalue weighted by Gasteiger charge is 2.13. The van der Waals surface area contributed by atoms with Gasteiger partial charge in [0.15, 0.2) is 5.82 Å². The van der Waals surface area contributed by atoms with Gasteiger partial charge in [-0.15, -0.1) is 10.2 Å². The number of nitrogens with one attached hydrogen (secondary N) is 1. The summed E-state index contributed by atoms with van der Waals surface area (Å²) in [5.74, 6) is 0.871. The van der Waals surface area contributed by atoms with Crippen LogP contribution in [0.25, 0.3) is 17.0 Å². The van der Waals surface area contributed by atoms with E-state index in [1.54, 1.807) is 6.20 Å². The third-order valence-electron chi connectivity index (χ3n) is 3.74. The topological polar surface area (TPSA) is 55.1 Å². The Kier molecular flexibility index (Phi) is 3.56. The Balaban J connectivity index is 2.11. The van der Waals surface area contributed by atoms with Crippen molar-refractivity contribution in [3.8, 4) is 11.4 Å². The van der Waals surface area contributed by atoms with Gasteiger partial charge < -0.3 is 5.32 Å². The fourth-order valence-corrected chi connectivity index (χ4v) is 2.40. The number of pyridine rings is 1. The van der Waals surface area contributed by atoms with Crippen molar-refractivity contribution in [3.05, 3.63) is 41.7 Å². The minimum Gasteiger partial charge on any atom is -0.368 e. The number of anilines is 1. The van der Waals surface area contributed by atoms with Crippen LogP contribution in [0.1, 0.15) is 24.5 Å². The summed E-state index contributed by atoms with van der Waals surface area (Å²) in [5.41, 5.74) is 5.12. The van der Waals surface area contributed by atoms with Crippen LogP contribution in [0.2, 0.25) is 0 Å². The van der Waals surface area contributed by atoms with Crippen LogP contribution in [0, 0.1) is 13.8 Å². The van der Waals surface area contributed by atoms with Crippen LogP contribution in [0.15, 0.2) is 30.6 Å². The van der Waals surface area contributed by atoms with E-state index in [0.717, 1.165) is 46.9 Å². The Bertz CT molecular complexity index is 775. The predicted molar refractivity (Wildman–Crippen MR) is 84.5 cm³/mol. The van der Waals surface area contributed by atoms with E-state index >= 15 is 0 Å². The molecule has 5 nitrogen and oxygen atoms in total. The lowest BCUT2D eigenvalue weighted by molar-refractivity contribution is 0.929. The van der Waals surface area contributed by atoms with Gasteiger partial charge in [0, 0.05) is 18.9 Å². The summed E-state index contributed by atoms with van der Waals surface area (Å²) in [7, 11) is 0. The molecule has 0 saturated carbocycles. The second kappa shape index (κ2) is 5.52. The van der Waals surface area contributed by atoms with Crippen LogP contribution in [0.4, 0.5) is 5.82 Å². The van der Waals surface area contributed by atoms with Gasteiger partial charge in [0.1, 0.15) is 11.3 Å². The van der Waals surface area contributed by atoms with E-state index in [0.29, 0.717) is 0 Å². The van der Waals surface area contributed by atoms with Crippen molar-refractivity contribution in [2.45, 2.75) is 27.2 Å². The summed E-state index contributed by atoms with van der Waals surface area (Å²) >= 11 is 0. The number of hydrogen-bond donors (Lipinski definition) is 1. The predicted octanol–water partition coefficient (Wildman–Crippen LogP) is 3.23. The van der Waals surface area contributed by atoms with Crippen molar-refractivity contribution in [1.29, 1.82) is 0 Å². The zero-order chi connectivity index (χ0) is 14.8. The number of imidazole rings is 1. The molecule has 0 unspecified atom stereocenters. The third kappa shape index (κ3) is 2.35. The number of nitrogens with zero attached hydrogens (tertiary/aromatic N) is 4. The van der Waals surface area contributed by atoms with Crippen LogP contribution in [0.5, 0.6) is 0 Å². The summed E-state index contributed by atoms with van der Waals surface area (Å²) in [6, 6.07) is 6.03. The molecule has 0 atom stereocenters. The SMILES string of the molecule is CCCNc1nnc(-c2cccc3nccn23)c(C)c1C. The molecule has 0 aliphatic carbocycles. The van der Waals surface area contributed by atoms with Gasteiger partial charge in [-0.2, -0.15) is 0 Å². The first-order valence-electron chi connectivity index (χ1n) is 7.22. The van der Waals surface area contributed by atoms with Gasteiger partial charge in [-0.3, -0.25) is 4.40 Å². The van der Waals surface area contributed by atoms with E-state index in [-0.39, 0.29) is 0 Å². The molecule has 0 amide bonds. The van der Waals surface area contributed by atoms with Crippen LogP contribution < -0.4 is 5.32 Å². The molecule has 21 heavy (non-hydrogen) atoms. The van der Waals surface area contributed by atoms with E-state index in [2.05, 4.69) is 41.3 Å². The highest BCUT2D eigenvalue weighted by Crippen LogP contribution is 2.26. The van der Waals surface area contributed by atoms with Gasteiger partial charge >= 0.3 is 0 Å². The fraction of sp³-hybridized carbons (Fsp3) is 0.312. The summed E-state index contributed by atoms with van der Waals surface area (Å²) in [5, 5.41) is 12.1. The second-order valence-electron chi connectivity index (χ2n) is 5.14. The lowest BCUT2D eigenvalue weighted by Crippen LogP contribution is -2.08. The Morgan fingerprint density at radius 3 is 2.81 bits per heavy atom. The van der Waals surface area contributed by atoms with Crippen molar-refractivity contribution < 1.29 is 0 Å². The molecule has 108 valence electrons. The van der Waals surface area contributed by atoms with Crippen LogP contribution >= 0.6 is 0 Å². The van der Waals surface area contributed by atoms with Crippen molar-refractivity contribution in [1.82, 2.24) is 19.6 Å². The minimum atomic E-state index is 0.871. The Labute approximate surface area is 124 Å². The van der Waals surface area contributed by atoms with Crippen LogP contribution in [-0.4, -0.2) is 26.1 Å². The minimum absolute atomic E-state index is 0.871. The third-order valence-corrected chi connectivity index (χ3v) is 3.74. The van der Waals surface area contributed by atoms with Crippen molar-refractivity contribution in [3.63, 3.8) is 0 Å². The summed E-state index contributed by atoms with van der Waals surface area (Å²) < 4.78 is 2.04. The van der Waals surface area contributed by atoms with Gasteiger partial charge in [-0.25, -0.2) is 4.98 Å². The normalized spacial score (nSPS) is 11.0. The van der Waals surface area contributed by atoms with E-state index < -0.39 is 0 Å². The molecule has 0 saturated heterocycles. The number of aromatic nitrogens is 4. The second-order valence-corrected chi connectivity index (χ2v) is 5.14. The van der Waals surface area contributed by atoms with Crippen molar-refractivity contribution in [2.75, 3.05) is 11.9 Å². The Morgan fingerprint density at radius 2 is 2.00 bits per heavy atom. The highest BCUT2D eigenvalue weighted by molar-refractivity contribution is 5.66. The average Bonchev–Trinajstić information content (AvgIpc) is 2.97. The first-order chi connectivity index (χ1) is 10.2. The molecule has 0 aromatic carbocycles. The molecule has 0 fully saturated rings. The molecular weight excluding hydrogens is 262 g/mol. The van der Waals surface area contributed by atoms with E-state index in [1.807, 2.05) is 28.8 Å². The number of fused-ring (bicyclic) bond motifs is 1. The summed E-state index contributed by atoms with van der Waals surface area (Å²) in [6.45, 7) is 7.22. The summed E-state index contributed by atoms with van der Waals surface area (Å²) in [6.07, 6.45) is 4.81. The molecule has 3 rings (SSSR count). The molecule has 3 heterocycles. The Hall–Kier alpha value is -2.43. The number of rotatable bonds is 4. The first kappa shape index (κ1) is 13.5. The van der Waals surface area contributed by atoms with Crippen LogP contribution in [0.3, 0.4) is 0 Å². The number of hydrogen-bond acceptors (Lipinski definition) is 4. The van der Waals surface area contributed by atoms with Gasteiger partial charge in [0.25, 0.3) is 0 Å². The molecule has 0 spiro atoms. The van der Waals surface area contributed by atoms with E-state index in [9.17, 15) is 0 Å². The molecule has 0 aliphatic rings. The maximum absolute atomic E-state index is 4.43. The van der Waals surface area contributed by atoms with Gasteiger partial charge in [-0.1, -0.05) is 13.0 Å².